The van der Waals surface area contributed by atoms with Crippen LogP contribution >= 0.6 is 7.60 Å². The van der Waals surface area contributed by atoms with Gasteiger partial charge in [0.2, 0.25) is 0 Å². The fourth-order valence-corrected chi connectivity index (χ4v) is 3.25. The first-order valence-electron chi connectivity index (χ1n) is 6.51. The molecule has 0 amide bonds. The third kappa shape index (κ3) is 4.38. The molecule has 3 N–H and O–H groups in total. The van der Waals surface area contributed by atoms with Crippen LogP contribution in [0.25, 0.3) is 0 Å². The smallest absolute Gasteiger partial charge is 0.329 e. The lowest BCUT2D eigenvalue weighted by Crippen LogP contribution is -2.41. The minimum absolute atomic E-state index is 0.325. The summed E-state index contributed by atoms with van der Waals surface area (Å²) in [7, 11) is -4.39. The maximum absolute atomic E-state index is 11.6. The zero-order valence-electron chi connectivity index (χ0n) is 11.4. The van der Waals surface area contributed by atoms with Gasteiger partial charge in [0, 0.05) is 0 Å². The number of hydrogen-bond acceptors (Lipinski definition) is 2. The van der Waals surface area contributed by atoms with Crippen LogP contribution in [0.4, 0.5) is 0 Å². The molecule has 0 saturated carbocycles. The number of hydrogen-bond donors (Lipinski definition) is 3. The van der Waals surface area contributed by atoms with Crippen LogP contribution in [0.2, 0.25) is 0 Å². The van der Waals surface area contributed by atoms with Crippen molar-refractivity contribution < 1.29 is 24.3 Å². The maximum Gasteiger partial charge on any atom is 0.329 e. The van der Waals surface area contributed by atoms with E-state index in [0.717, 1.165) is 12.8 Å². The van der Waals surface area contributed by atoms with E-state index in [1.807, 2.05) is 13.8 Å². The standard InChI is InChI=1S/C12H25O5P/c1-4-6-8-12(11(13)14,9-7-5-2)10(3)18(15,16)17/h10H,4-9H2,1-3H3,(H,13,14)(H2,15,16,17). The molecule has 0 bridgehead atoms. The van der Waals surface area contributed by atoms with Crippen molar-refractivity contribution in [2.75, 3.05) is 0 Å². The third-order valence-electron chi connectivity index (χ3n) is 3.68. The summed E-state index contributed by atoms with van der Waals surface area (Å²) in [4.78, 5) is 30.2. The van der Waals surface area contributed by atoms with Crippen LogP contribution in [-0.2, 0) is 9.36 Å². The van der Waals surface area contributed by atoms with Gasteiger partial charge in [-0.2, -0.15) is 0 Å². The zero-order chi connectivity index (χ0) is 14.4. The molecule has 108 valence electrons. The first-order chi connectivity index (χ1) is 8.22. The Morgan fingerprint density at radius 3 is 1.78 bits per heavy atom. The monoisotopic (exact) mass is 280 g/mol. The molecular weight excluding hydrogens is 255 g/mol. The molecule has 6 heteroatoms. The predicted octanol–water partition coefficient (Wildman–Crippen LogP) is 3.00. The molecule has 0 fully saturated rings. The Balaban J connectivity index is 5.30. The summed E-state index contributed by atoms with van der Waals surface area (Å²) >= 11 is 0. The molecule has 0 aromatic heterocycles. The lowest BCUT2D eigenvalue weighted by Gasteiger charge is -2.35. The van der Waals surface area contributed by atoms with Crippen LogP contribution in [-0.4, -0.2) is 26.5 Å². The number of carboxylic acid groups (broad SMARTS) is 1. The van der Waals surface area contributed by atoms with E-state index < -0.39 is 24.6 Å². The summed E-state index contributed by atoms with van der Waals surface area (Å²) in [6, 6.07) is 0. The quantitative estimate of drug-likeness (QED) is 0.564. The first kappa shape index (κ1) is 17.6. The van der Waals surface area contributed by atoms with Gasteiger partial charge in [-0.3, -0.25) is 9.36 Å². The Hall–Kier alpha value is -0.380. The van der Waals surface area contributed by atoms with Crippen LogP contribution in [0.1, 0.15) is 59.3 Å². The minimum Gasteiger partial charge on any atom is -0.481 e. The fourth-order valence-electron chi connectivity index (χ4n) is 2.24. The Kier molecular flexibility index (Phi) is 7.11. The van der Waals surface area contributed by atoms with Crippen LogP contribution in [0, 0.1) is 5.41 Å². The Bertz CT molecular complexity index is 302. The number of aliphatic carboxylic acids is 1. The van der Waals surface area contributed by atoms with E-state index in [0.29, 0.717) is 25.7 Å². The molecule has 0 aromatic rings. The van der Waals surface area contributed by atoms with E-state index in [-0.39, 0.29) is 0 Å². The summed E-state index contributed by atoms with van der Waals surface area (Å²) in [5, 5.41) is 9.47. The van der Waals surface area contributed by atoms with Crippen molar-refractivity contribution in [1.29, 1.82) is 0 Å². The summed E-state index contributed by atoms with van der Waals surface area (Å²) < 4.78 is 11.4. The van der Waals surface area contributed by atoms with Gasteiger partial charge in [0.05, 0.1) is 11.1 Å². The number of carboxylic acids is 1. The van der Waals surface area contributed by atoms with Crippen LogP contribution in [0.3, 0.4) is 0 Å². The van der Waals surface area contributed by atoms with Gasteiger partial charge < -0.3 is 14.9 Å². The number of rotatable bonds is 9. The van der Waals surface area contributed by atoms with Crippen molar-refractivity contribution in [3.05, 3.63) is 0 Å². The van der Waals surface area contributed by atoms with Gasteiger partial charge >= 0.3 is 13.6 Å². The molecule has 0 heterocycles. The molecule has 1 unspecified atom stereocenters. The molecule has 0 rings (SSSR count). The second-order valence-corrected chi connectivity index (χ2v) is 6.89. The SMILES string of the molecule is CCCCC(CCCC)(C(=O)O)C(C)P(=O)(O)O. The Labute approximate surface area is 109 Å². The zero-order valence-corrected chi connectivity index (χ0v) is 12.3. The third-order valence-corrected chi connectivity index (χ3v) is 5.19. The average Bonchev–Trinajstić information content (AvgIpc) is 2.27. The lowest BCUT2D eigenvalue weighted by molar-refractivity contribution is -0.150. The summed E-state index contributed by atoms with van der Waals surface area (Å²) in [5.41, 5.74) is -2.44. The van der Waals surface area contributed by atoms with Crippen molar-refractivity contribution >= 4 is 13.6 Å². The van der Waals surface area contributed by atoms with Crippen molar-refractivity contribution in [3.8, 4) is 0 Å². The molecule has 0 radical (unpaired) electrons. The number of unbranched alkanes of at least 4 members (excludes halogenated alkanes) is 2. The highest BCUT2D eigenvalue weighted by atomic mass is 31.2. The second kappa shape index (κ2) is 7.27. The maximum atomic E-state index is 11.6. The molecule has 0 saturated heterocycles. The molecule has 0 aliphatic heterocycles. The molecular formula is C12H25O5P. The summed E-state index contributed by atoms with van der Waals surface area (Å²) in [6.45, 7) is 5.24. The second-order valence-electron chi connectivity index (χ2n) is 4.93. The largest absolute Gasteiger partial charge is 0.481 e. The van der Waals surface area contributed by atoms with E-state index in [1.54, 1.807) is 0 Å². The summed E-state index contributed by atoms with van der Waals surface area (Å²) in [5.74, 6) is -1.08. The van der Waals surface area contributed by atoms with Crippen molar-refractivity contribution in [1.82, 2.24) is 0 Å². The topological polar surface area (TPSA) is 94.8 Å². The van der Waals surface area contributed by atoms with E-state index >= 15 is 0 Å². The highest BCUT2D eigenvalue weighted by molar-refractivity contribution is 7.52. The predicted molar refractivity (Wildman–Crippen MR) is 70.6 cm³/mol. The normalized spacial score (nSPS) is 14.5. The molecule has 18 heavy (non-hydrogen) atoms. The van der Waals surface area contributed by atoms with Crippen molar-refractivity contribution in [3.63, 3.8) is 0 Å². The molecule has 0 aliphatic carbocycles. The van der Waals surface area contributed by atoms with Gasteiger partial charge in [0.25, 0.3) is 0 Å². The van der Waals surface area contributed by atoms with Crippen molar-refractivity contribution in [2.45, 2.75) is 65.0 Å². The van der Waals surface area contributed by atoms with E-state index in [4.69, 9.17) is 0 Å². The highest BCUT2D eigenvalue weighted by Crippen LogP contribution is 2.53. The van der Waals surface area contributed by atoms with Crippen LogP contribution < -0.4 is 0 Å². The Morgan fingerprint density at radius 2 is 1.56 bits per heavy atom. The molecule has 5 nitrogen and oxygen atoms in total. The fraction of sp³-hybridized carbons (Fsp3) is 0.917. The van der Waals surface area contributed by atoms with Gasteiger partial charge in [-0.05, 0) is 19.8 Å². The Morgan fingerprint density at radius 1 is 1.17 bits per heavy atom. The highest BCUT2D eigenvalue weighted by Gasteiger charge is 2.49. The van der Waals surface area contributed by atoms with Crippen molar-refractivity contribution in [2.24, 2.45) is 5.41 Å². The van der Waals surface area contributed by atoms with Gasteiger partial charge in [0.15, 0.2) is 0 Å². The van der Waals surface area contributed by atoms with Gasteiger partial charge in [0.1, 0.15) is 0 Å². The van der Waals surface area contributed by atoms with Gasteiger partial charge in [-0.25, -0.2) is 0 Å². The lowest BCUT2D eigenvalue weighted by atomic mass is 9.75. The van der Waals surface area contributed by atoms with E-state index in [9.17, 15) is 24.3 Å². The molecule has 0 aliphatic rings. The first-order valence-corrected chi connectivity index (χ1v) is 8.19. The molecule has 0 aromatic carbocycles. The number of carbonyl (C=O) groups is 1. The van der Waals surface area contributed by atoms with Gasteiger partial charge in [-0.15, -0.1) is 0 Å². The van der Waals surface area contributed by atoms with Crippen LogP contribution in [0.15, 0.2) is 0 Å². The average molecular weight is 280 g/mol. The summed E-state index contributed by atoms with van der Waals surface area (Å²) in [6.07, 6.45) is 3.61. The molecule has 1 atom stereocenters. The van der Waals surface area contributed by atoms with E-state index in [1.165, 1.54) is 6.92 Å². The molecule has 0 spiro atoms. The minimum atomic E-state index is -4.39. The van der Waals surface area contributed by atoms with E-state index in [2.05, 4.69) is 0 Å². The van der Waals surface area contributed by atoms with Gasteiger partial charge in [-0.1, -0.05) is 39.5 Å². The van der Waals surface area contributed by atoms with Crippen LogP contribution in [0.5, 0.6) is 0 Å².